The van der Waals surface area contributed by atoms with Crippen LogP contribution < -0.4 is 14.8 Å². The van der Waals surface area contributed by atoms with Gasteiger partial charge in [-0.2, -0.15) is 0 Å². The molecular weight excluding hydrogens is 389 g/mol. The normalized spacial score (nSPS) is 10.7. The Kier molecular flexibility index (Phi) is 6.99. The zero-order valence-corrected chi connectivity index (χ0v) is 17.6. The maximum absolute atomic E-state index is 13.1. The summed E-state index contributed by atoms with van der Waals surface area (Å²) in [7, 11) is 0. The van der Waals surface area contributed by atoms with Crippen molar-refractivity contribution in [3.63, 3.8) is 0 Å². The lowest BCUT2D eigenvalue weighted by Crippen LogP contribution is -2.04. The molecule has 0 heterocycles. The van der Waals surface area contributed by atoms with E-state index in [4.69, 9.17) is 21.1 Å². The third kappa shape index (κ3) is 5.64. The molecule has 0 aliphatic carbocycles. The highest BCUT2D eigenvalue weighted by molar-refractivity contribution is 6.32. The molecule has 29 heavy (non-hydrogen) atoms. The van der Waals surface area contributed by atoms with E-state index in [2.05, 4.69) is 37.4 Å². The molecule has 0 radical (unpaired) electrons. The van der Waals surface area contributed by atoms with Gasteiger partial charge in [-0.05, 0) is 73.4 Å². The van der Waals surface area contributed by atoms with Gasteiger partial charge in [0.15, 0.2) is 11.5 Å². The lowest BCUT2D eigenvalue weighted by molar-refractivity contribution is 0.269. The molecule has 0 spiro atoms. The van der Waals surface area contributed by atoms with E-state index in [-0.39, 0.29) is 12.4 Å². The summed E-state index contributed by atoms with van der Waals surface area (Å²) in [4.78, 5) is 0. The smallest absolute Gasteiger partial charge is 0.180 e. The molecule has 3 aromatic rings. The van der Waals surface area contributed by atoms with Crippen LogP contribution in [0.3, 0.4) is 0 Å². The summed E-state index contributed by atoms with van der Waals surface area (Å²) in [6, 6.07) is 16.3. The zero-order valence-electron chi connectivity index (χ0n) is 16.9. The number of hydrogen-bond acceptors (Lipinski definition) is 3. The van der Waals surface area contributed by atoms with Crippen molar-refractivity contribution in [1.29, 1.82) is 0 Å². The monoisotopic (exact) mass is 413 g/mol. The number of rotatable bonds is 8. The predicted octanol–water partition coefficient (Wildman–Crippen LogP) is 6.69. The minimum Gasteiger partial charge on any atom is -0.490 e. The summed E-state index contributed by atoms with van der Waals surface area (Å²) in [6.07, 6.45) is 0. The van der Waals surface area contributed by atoms with Crippen LogP contribution in [0, 0.1) is 19.7 Å². The fourth-order valence-electron chi connectivity index (χ4n) is 2.99. The lowest BCUT2D eigenvalue weighted by Gasteiger charge is -2.16. The molecule has 3 aromatic carbocycles. The van der Waals surface area contributed by atoms with Crippen molar-refractivity contribution in [3.05, 3.63) is 87.7 Å². The van der Waals surface area contributed by atoms with Crippen molar-refractivity contribution in [2.75, 3.05) is 11.9 Å². The van der Waals surface area contributed by atoms with Gasteiger partial charge in [0.05, 0.1) is 11.6 Å². The molecule has 152 valence electrons. The number of benzene rings is 3. The highest BCUT2D eigenvalue weighted by Crippen LogP contribution is 2.37. The average molecular weight is 414 g/mol. The molecule has 3 rings (SSSR count). The van der Waals surface area contributed by atoms with E-state index in [1.54, 1.807) is 12.1 Å². The molecule has 0 amide bonds. The quantitative estimate of drug-likeness (QED) is 0.446. The van der Waals surface area contributed by atoms with Crippen LogP contribution in [-0.4, -0.2) is 6.61 Å². The van der Waals surface area contributed by atoms with Gasteiger partial charge in [0.2, 0.25) is 0 Å². The van der Waals surface area contributed by atoms with Gasteiger partial charge in [-0.15, -0.1) is 0 Å². The van der Waals surface area contributed by atoms with Crippen LogP contribution in [0.2, 0.25) is 5.02 Å². The molecule has 1 N–H and O–H groups in total. The first kappa shape index (κ1) is 21.0. The Bertz CT molecular complexity index is 973. The minimum atomic E-state index is -0.275. The zero-order chi connectivity index (χ0) is 20.8. The fraction of sp³-hybridized carbons (Fsp3) is 0.250. The number of nitrogens with one attached hydrogen (secondary N) is 1. The Balaban J connectivity index is 1.76. The SMILES string of the molecule is CCOc1cc(CNc2cc(C)ccc2C)cc(Cl)c1OCc1ccc(F)cc1. The van der Waals surface area contributed by atoms with E-state index in [1.165, 1.54) is 23.3 Å². The van der Waals surface area contributed by atoms with Crippen molar-refractivity contribution in [1.82, 2.24) is 0 Å². The largest absolute Gasteiger partial charge is 0.490 e. The van der Waals surface area contributed by atoms with Crippen molar-refractivity contribution >= 4 is 17.3 Å². The first-order chi connectivity index (χ1) is 14.0. The summed E-state index contributed by atoms with van der Waals surface area (Å²) in [5, 5.41) is 3.94. The Labute approximate surface area is 176 Å². The van der Waals surface area contributed by atoms with Crippen LogP contribution in [0.15, 0.2) is 54.6 Å². The summed E-state index contributed by atoms with van der Waals surface area (Å²) >= 11 is 6.51. The van der Waals surface area contributed by atoms with Crippen molar-refractivity contribution in [2.24, 2.45) is 0 Å². The van der Waals surface area contributed by atoms with Crippen LogP contribution in [-0.2, 0) is 13.2 Å². The molecule has 0 saturated heterocycles. The second kappa shape index (κ2) is 9.66. The van der Waals surface area contributed by atoms with Crippen LogP contribution >= 0.6 is 11.6 Å². The predicted molar refractivity (Wildman–Crippen MR) is 117 cm³/mol. The highest BCUT2D eigenvalue weighted by Gasteiger charge is 2.13. The van der Waals surface area contributed by atoms with Gasteiger partial charge in [-0.1, -0.05) is 35.9 Å². The molecular formula is C24H25ClFNO2. The molecule has 3 nitrogen and oxygen atoms in total. The van der Waals surface area contributed by atoms with E-state index in [0.717, 1.165) is 16.8 Å². The number of anilines is 1. The van der Waals surface area contributed by atoms with Crippen LogP contribution in [0.1, 0.15) is 29.2 Å². The maximum Gasteiger partial charge on any atom is 0.180 e. The van der Waals surface area contributed by atoms with Gasteiger partial charge in [-0.25, -0.2) is 4.39 Å². The average Bonchev–Trinajstić information content (AvgIpc) is 2.69. The molecule has 0 aromatic heterocycles. The third-order valence-electron chi connectivity index (χ3n) is 4.54. The van der Waals surface area contributed by atoms with E-state index in [0.29, 0.717) is 29.7 Å². The van der Waals surface area contributed by atoms with E-state index >= 15 is 0 Å². The molecule has 0 bridgehead atoms. The Morgan fingerprint density at radius 2 is 1.69 bits per heavy atom. The third-order valence-corrected chi connectivity index (χ3v) is 4.82. The molecule has 5 heteroatoms. The summed E-state index contributed by atoms with van der Waals surface area (Å²) in [5.74, 6) is 0.815. The highest BCUT2D eigenvalue weighted by atomic mass is 35.5. The molecule has 0 fully saturated rings. The fourth-order valence-corrected chi connectivity index (χ4v) is 3.27. The van der Waals surface area contributed by atoms with Gasteiger partial charge in [-0.3, -0.25) is 0 Å². The molecule has 0 atom stereocenters. The van der Waals surface area contributed by atoms with Gasteiger partial charge in [0.25, 0.3) is 0 Å². The summed E-state index contributed by atoms with van der Waals surface area (Å²) < 4.78 is 24.7. The van der Waals surface area contributed by atoms with E-state index < -0.39 is 0 Å². The topological polar surface area (TPSA) is 30.5 Å². The Morgan fingerprint density at radius 1 is 0.931 bits per heavy atom. The number of halogens is 2. The van der Waals surface area contributed by atoms with Crippen LogP contribution in [0.4, 0.5) is 10.1 Å². The van der Waals surface area contributed by atoms with Crippen molar-refractivity contribution < 1.29 is 13.9 Å². The summed E-state index contributed by atoms with van der Waals surface area (Å²) in [5.41, 5.74) is 5.33. The van der Waals surface area contributed by atoms with Gasteiger partial charge >= 0.3 is 0 Å². The van der Waals surface area contributed by atoms with Crippen molar-refractivity contribution in [3.8, 4) is 11.5 Å². The van der Waals surface area contributed by atoms with Crippen molar-refractivity contribution in [2.45, 2.75) is 33.9 Å². The van der Waals surface area contributed by atoms with Gasteiger partial charge in [0, 0.05) is 12.2 Å². The molecule has 0 aliphatic heterocycles. The van der Waals surface area contributed by atoms with Gasteiger partial charge in [0.1, 0.15) is 12.4 Å². The second-order valence-electron chi connectivity index (χ2n) is 6.92. The standard InChI is InChI=1S/C24H25ClFNO2/c1-4-28-23-13-19(14-27-22-11-16(2)5-6-17(22)3)12-21(25)24(23)29-15-18-7-9-20(26)10-8-18/h5-13,27H,4,14-15H2,1-3H3. The minimum absolute atomic E-state index is 0.275. The van der Waals surface area contributed by atoms with Gasteiger partial charge < -0.3 is 14.8 Å². The summed E-state index contributed by atoms with van der Waals surface area (Å²) in [6.45, 7) is 7.45. The molecule has 0 saturated carbocycles. The number of ether oxygens (including phenoxy) is 2. The maximum atomic E-state index is 13.1. The molecule has 0 unspecified atom stereocenters. The second-order valence-corrected chi connectivity index (χ2v) is 7.33. The lowest BCUT2D eigenvalue weighted by atomic mass is 10.1. The number of aryl methyl sites for hydroxylation is 2. The van der Waals surface area contributed by atoms with Crippen LogP contribution in [0.5, 0.6) is 11.5 Å². The Morgan fingerprint density at radius 3 is 2.41 bits per heavy atom. The number of hydrogen-bond donors (Lipinski definition) is 1. The first-order valence-corrected chi connectivity index (χ1v) is 9.97. The van der Waals surface area contributed by atoms with Crippen LogP contribution in [0.25, 0.3) is 0 Å². The Hall–Kier alpha value is -2.72. The first-order valence-electron chi connectivity index (χ1n) is 9.60. The van der Waals surface area contributed by atoms with E-state index in [9.17, 15) is 4.39 Å². The van der Waals surface area contributed by atoms with E-state index in [1.807, 2.05) is 19.1 Å². The molecule has 0 aliphatic rings.